The van der Waals surface area contributed by atoms with E-state index in [0.29, 0.717) is 6.42 Å². The number of hydrogen-bond acceptors (Lipinski definition) is 4. The van der Waals surface area contributed by atoms with Crippen molar-refractivity contribution in [3.8, 4) is 11.1 Å². The third-order valence-electron chi connectivity index (χ3n) is 6.21. The van der Waals surface area contributed by atoms with Gasteiger partial charge in [0.05, 0.1) is 12.3 Å². The SMILES string of the molecule is CC[C@H](CC(=O)O)NC(=O)C(CNC(=O)OCC1c2ccccc2-c2ccccc21)C(C)C. The number of amides is 2. The molecule has 2 atom stereocenters. The number of carboxylic acids is 1. The second-order valence-corrected chi connectivity index (χ2v) is 8.77. The first kappa shape index (κ1) is 24.3. The zero-order valence-corrected chi connectivity index (χ0v) is 19.3. The molecule has 1 aliphatic rings. The Morgan fingerprint density at radius 1 is 1.00 bits per heavy atom. The molecular formula is C26H32N2O5. The number of alkyl carbamates (subject to hydrolysis) is 1. The van der Waals surface area contributed by atoms with Crippen LogP contribution in [0.25, 0.3) is 11.1 Å². The third-order valence-corrected chi connectivity index (χ3v) is 6.21. The second-order valence-electron chi connectivity index (χ2n) is 8.77. The van der Waals surface area contributed by atoms with E-state index < -0.39 is 24.0 Å². The molecule has 0 saturated heterocycles. The normalized spacial score (nSPS) is 14.2. The molecule has 0 bridgehead atoms. The Bertz CT molecular complexity index is 958. The first-order valence-corrected chi connectivity index (χ1v) is 11.4. The number of rotatable bonds is 10. The van der Waals surface area contributed by atoms with E-state index in [2.05, 4.69) is 34.9 Å². The van der Waals surface area contributed by atoms with Crippen LogP contribution in [-0.2, 0) is 14.3 Å². The smallest absolute Gasteiger partial charge is 0.407 e. The van der Waals surface area contributed by atoms with Gasteiger partial charge in [0.2, 0.25) is 5.91 Å². The Labute approximate surface area is 194 Å². The van der Waals surface area contributed by atoms with Crippen molar-refractivity contribution >= 4 is 18.0 Å². The summed E-state index contributed by atoms with van der Waals surface area (Å²) in [4.78, 5) is 36.1. The molecule has 7 heteroatoms. The molecular weight excluding hydrogens is 420 g/mol. The van der Waals surface area contributed by atoms with Crippen molar-refractivity contribution in [3.63, 3.8) is 0 Å². The van der Waals surface area contributed by atoms with E-state index in [1.54, 1.807) is 0 Å². The lowest BCUT2D eigenvalue weighted by molar-refractivity contribution is -0.137. The summed E-state index contributed by atoms with van der Waals surface area (Å²) >= 11 is 0. The number of nitrogens with one attached hydrogen (secondary N) is 2. The molecule has 0 heterocycles. The van der Waals surface area contributed by atoms with E-state index in [9.17, 15) is 14.4 Å². The van der Waals surface area contributed by atoms with E-state index >= 15 is 0 Å². The zero-order valence-electron chi connectivity index (χ0n) is 19.3. The number of fused-ring (bicyclic) bond motifs is 3. The first-order chi connectivity index (χ1) is 15.8. The molecule has 0 saturated carbocycles. The monoisotopic (exact) mass is 452 g/mol. The third kappa shape index (κ3) is 5.92. The van der Waals surface area contributed by atoms with Crippen molar-refractivity contribution in [2.45, 2.75) is 45.6 Å². The summed E-state index contributed by atoms with van der Waals surface area (Å²) in [7, 11) is 0. The Kier molecular flexibility index (Phi) is 8.09. The second kappa shape index (κ2) is 11.0. The van der Waals surface area contributed by atoms with Gasteiger partial charge in [-0.05, 0) is 34.6 Å². The number of carbonyl (C=O) groups is 3. The summed E-state index contributed by atoms with van der Waals surface area (Å²) in [6.07, 6.45) is -0.192. The first-order valence-electron chi connectivity index (χ1n) is 11.4. The summed E-state index contributed by atoms with van der Waals surface area (Å²) in [5.74, 6) is -1.79. The van der Waals surface area contributed by atoms with Gasteiger partial charge in [-0.15, -0.1) is 0 Å². The summed E-state index contributed by atoms with van der Waals surface area (Å²) in [5.41, 5.74) is 4.58. The quantitative estimate of drug-likeness (QED) is 0.502. The summed E-state index contributed by atoms with van der Waals surface area (Å²) in [5, 5.41) is 14.5. The van der Waals surface area contributed by atoms with Crippen LogP contribution in [0.5, 0.6) is 0 Å². The van der Waals surface area contributed by atoms with Crippen LogP contribution in [-0.4, -0.2) is 42.3 Å². The number of aliphatic carboxylic acids is 1. The van der Waals surface area contributed by atoms with Crippen molar-refractivity contribution < 1.29 is 24.2 Å². The van der Waals surface area contributed by atoms with Crippen LogP contribution in [0.15, 0.2) is 48.5 Å². The minimum Gasteiger partial charge on any atom is -0.481 e. The van der Waals surface area contributed by atoms with Crippen molar-refractivity contribution in [1.29, 1.82) is 0 Å². The maximum Gasteiger partial charge on any atom is 0.407 e. The van der Waals surface area contributed by atoms with Gasteiger partial charge in [-0.1, -0.05) is 69.3 Å². The lowest BCUT2D eigenvalue weighted by Crippen LogP contribution is -2.45. The average Bonchev–Trinajstić information content (AvgIpc) is 3.10. The molecule has 176 valence electrons. The summed E-state index contributed by atoms with van der Waals surface area (Å²) < 4.78 is 5.54. The molecule has 3 rings (SSSR count). The van der Waals surface area contributed by atoms with Crippen LogP contribution in [0.3, 0.4) is 0 Å². The Balaban J connectivity index is 1.57. The van der Waals surface area contributed by atoms with Gasteiger partial charge < -0.3 is 20.5 Å². The zero-order chi connectivity index (χ0) is 24.0. The van der Waals surface area contributed by atoms with Gasteiger partial charge in [-0.3, -0.25) is 9.59 Å². The maximum atomic E-state index is 12.7. The molecule has 1 aliphatic carbocycles. The van der Waals surface area contributed by atoms with Gasteiger partial charge in [0, 0.05) is 18.5 Å². The Morgan fingerprint density at radius 3 is 2.09 bits per heavy atom. The number of hydrogen-bond donors (Lipinski definition) is 3. The topological polar surface area (TPSA) is 105 Å². The van der Waals surface area contributed by atoms with E-state index in [4.69, 9.17) is 9.84 Å². The van der Waals surface area contributed by atoms with Crippen LogP contribution in [0.4, 0.5) is 4.79 Å². The highest BCUT2D eigenvalue weighted by Crippen LogP contribution is 2.44. The van der Waals surface area contributed by atoms with E-state index in [0.717, 1.165) is 22.3 Å². The van der Waals surface area contributed by atoms with E-state index in [-0.39, 0.29) is 37.3 Å². The van der Waals surface area contributed by atoms with Crippen molar-refractivity contribution in [3.05, 3.63) is 59.7 Å². The fourth-order valence-corrected chi connectivity index (χ4v) is 4.29. The summed E-state index contributed by atoms with van der Waals surface area (Å²) in [6, 6.07) is 15.8. The van der Waals surface area contributed by atoms with Crippen molar-refractivity contribution in [1.82, 2.24) is 10.6 Å². The number of carbonyl (C=O) groups excluding carboxylic acids is 2. The molecule has 33 heavy (non-hydrogen) atoms. The average molecular weight is 453 g/mol. The molecule has 0 aromatic heterocycles. The van der Waals surface area contributed by atoms with Crippen LogP contribution in [0, 0.1) is 11.8 Å². The molecule has 3 N–H and O–H groups in total. The standard InChI is InChI=1S/C26H32N2O5/c1-4-17(13-24(29)30)28-25(31)22(16(2)3)14-27-26(32)33-15-23-20-11-7-5-9-18(20)19-10-6-8-12-21(19)23/h5-12,16-17,22-23H,4,13-15H2,1-3H3,(H,27,32)(H,28,31)(H,29,30)/t17-,22?/m1/s1. The Morgan fingerprint density at radius 2 is 1.58 bits per heavy atom. The molecule has 0 aliphatic heterocycles. The van der Waals surface area contributed by atoms with Crippen molar-refractivity contribution in [2.24, 2.45) is 11.8 Å². The molecule has 0 radical (unpaired) electrons. The molecule has 0 spiro atoms. The maximum absolute atomic E-state index is 12.7. The molecule has 1 unspecified atom stereocenters. The van der Waals surface area contributed by atoms with Crippen LogP contribution >= 0.6 is 0 Å². The molecule has 2 amide bonds. The Hall–Kier alpha value is -3.35. The summed E-state index contributed by atoms with van der Waals surface area (Å²) in [6.45, 7) is 5.93. The fraction of sp³-hybridized carbons (Fsp3) is 0.423. The number of ether oxygens (including phenoxy) is 1. The van der Waals surface area contributed by atoms with Gasteiger partial charge >= 0.3 is 12.1 Å². The predicted octanol–water partition coefficient (Wildman–Crippen LogP) is 4.17. The van der Waals surface area contributed by atoms with Gasteiger partial charge in [0.1, 0.15) is 6.61 Å². The van der Waals surface area contributed by atoms with Crippen molar-refractivity contribution in [2.75, 3.05) is 13.2 Å². The van der Waals surface area contributed by atoms with Gasteiger partial charge in [-0.25, -0.2) is 4.79 Å². The minimum atomic E-state index is -0.958. The minimum absolute atomic E-state index is 0.0336. The highest BCUT2D eigenvalue weighted by molar-refractivity contribution is 5.81. The van der Waals surface area contributed by atoms with Gasteiger partial charge in [0.25, 0.3) is 0 Å². The number of carboxylic acid groups (broad SMARTS) is 1. The molecule has 7 nitrogen and oxygen atoms in total. The highest BCUT2D eigenvalue weighted by Gasteiger charge is 2.30. The predicted molar refractivity (Wildman–Crippen MR) is 126 cm³/mol. The van der Waals surface area contributed by atoms with E-state index in [1.807, 2.05) is 45.0 Å². The highest BCUT2D eigenvalue weighted by atomic mass is 16.5. The lowest BCUT2D eigenvalue weighted by Gasteiger charge is -2.24. The molecule has 2 aromatic rings. The van der Waals surface area contributed by atoms with Gasteiger partial charge in [-0.2, -0.15) is 0 Å². The van der Waals surface area contributed by atoms with Crippen LogP contribution in [0.2, 0.25) is 0 Å². The molecule has 2 aromatic carbocycles. The van der Waals surface area contributed by atoms with Gasteiger partial charge in [0.15, 0.2) is 0 Å². The lowest BCUT2D eigenvalue weighted by atomic mass is 9.94. The largest absolute Gasteiger partial charge is 0.481 e. The van der Waals surface area contributed by atoms with Crippen LogP contribution in [0.1, 0.15) is 50.7 Å². The fourth-order valence-electron chi connectivity index (χ4n) is 4.29. The molecule has 0 fully saturated rings. The van der Waals surface area contributed by atoms with E-state index in [1.165, 1.54) is 0 Å². The number of benzene rings is 2. The van der Waals surface area contributed by atoms with Crippen LogP contribution < -0.4 is 10.6 Å².